The van der Waals surface area contributed by atoms with Crippen molar-refractivity contribution < 1.29 is 19.4 Å². The van der Waals surface area contributed by atoms with Gasteiger partial charge in [-0.1, -0.05) is 79.7 Å². The number of likely N-dealkylation sites (N-methyl/N-ethyl adjacent to an activating group) is 1. The first kappa shape index (κ1) is 27.7. The average Bonchev–Trinajstić information content (AvgIpc) is 2.93. The fourth-order valence-electron chi connectivity index (χ4n) is 4.85. The molecule has 1 heterocycles. The van der Waals surface area contributed by atoms with Crippen molar-refractivity contribution in [3.05, 3.63) is 108 Å². The van der Waals surface area contributed by atoms with Crippen molar-refractivity contribution in [1.82, 2.24) is 10.2 Å². The van der Waals surface area contributed by atoms with Crippen LogP contribution in [0.2, 0.25) is 0 Å². The summed E-state index contributed by atoms with van der Waals surface area (Å²) in [5.74, 6) is 0.0855. The number of hydrogen-bond donors (Lipinski definition) is 2. The van der Waals surface area contributed by atoms with Gasteiger partial charge < -0.3 is 24.8 Å². The minimum absolute atomic E-state index is 0.0184. The molecule has 3 aromatic carbocycles. The Hall–Kier alpha value is -3.29. The van der Waals surface area contributed by atoms with Crippen molar-refractivity contribution in [2.45, 2.75) is 45.5 Å². The Bertz CT molecular complexity index is 1210. The molecular weight excluding hydrogens is 476 g/mol. The van der Waals surface area contributed by atoms with E-state index in [9.17, 15) is 9.90 Å². The van der Waals surface area contributed by atoms with Gasteiger partial charge in [-0.05, 0) is 40.9 Å². The van der Waals surface area contributed by atoms with Crippen LogP contribution in [0.5, 0.6) is 0 Å². The lowest BCUT2D eigenvalue weighted by Gasteiger charge is -2.42. The van der Waals surface area contributed by atoms with E-state index >= 15 is 0 Å². The lowest BCUT2D eigenvalue weighted by molar-refractivity contribution is -0.275. The molecule has 0 bridgehead atoms. The zero-order valence-corrected chi connectivity index (χ0v) is 22.5. The van der Waals surface area contributed by atoms with Crippen LogP contribution in [0.25, 0.3) is 11.1 Å². The molecule has 2 N–H and O–H groups in total. The van der Waals surface area contributed by atoms with E-state index in [1.165, 1.54) is 6.92 Å². The van der Waals surface area contributed by atoms with Gasteiger partial charge in [-0.15, -0.1) is 6.58 Å². The molecule has 0 saturated carbocycles. The second kappa shape index (κ2) is 13.0. The molecule has 1 saturated heterocycles. The summed E-state index contributed by atoms with van der Waals surface area (Å²) in [4.78, 5) is 13.5. The smallest absolute Gasteiger partial charge is 0.217 e. The van der Waals surface area contributed by atoms with Crippen LogP contribution in [0.1, 0.15) is 48.5 Å². The molecule has 1 aliphatic heterocycles. The number of rotatable bonds is 10. The molecule has 200 valence electrons. The van der Waals surface area contributed by atoms with Crippen molar-refractivity contribution in [3.63, 3.8) is 0 Å². The molecular formula is C32H38N2O4. The third-order valence-corrected chi connectivity index (χ3v) is 7.04. The summed E-state index contributed by atoms with van der Waals surface area (Å²) < 4.78 is 13.1. The summed E-state index contributed by atoms with van der Waals surface area (Å²) in [5, 5.41) is 12.3. The van der Waals surface area contributed by atoms with Crippen LogP contribution in [0.4, 0.5) is 0 Å². The first-order chi connectivity index (χ1) is 18.4. The highest BCUT2D eigenvalue weighted by Gasteiger charge is 2.38. The molecule has 1 amide bonds. The summed E-state index contributed by atoms with van der Waals surface area (Å²) in [5.41, 5.74) is 6.14. The van der Waals surface area contributed by atoms with E-state index in [2.05, 4.69) is 67.2 Å². The summed E-state index contributed by atoms with van der Waals surface area (Å²) in [6, 6.07) is 24.4. The maximum absolute atomic E-state index is 11.3. The van der Waals surface area contributed by atoms with Crippen molar-refractivity contribution >= 4 is 5.91 Å². The van der Waals surface area contributed by atoms with Crippen LogP contribution < -0.4 is 5.32 Å². The molecule has 6 nitrogen and oxygen atoms in total. The predicted octanol–water partition coefficient (Wildman–Crippen LogP) is 5.39. The number of aliphatic hydroxyl groups is 1. The van der Waals surface area contributed by atoms with E-state index in [-0.39, 0.29) is 30.6 Å². The van der Waals surface area contributed by atoms with Gasteiger partial charge in [-0.3, -0.25) is 4.79 Å². The van der Waals surface area contributed by atoms with Crippen molar-refractivity contribution in [3.8, 4) is 11.1 Å². The topological polar surface area (TPSA) is 71.0 Å². The third-order valence-electron chi connectivity index (χ3n) is 7.04. The Morgan fingerprint density at radius 3 is 2.37 bits per heavy atom. The summed E-state index contributed by atoms with van der Waals surface area (Å²) >= 11 is 0. The number of carbonyl (C=O) groups excluding carboxylic acids is 1. The van der Waals surface area contributed by atoms with Gasteiger partial charge in [0.05, 0.1) is 18.8 Å². The molecule has 0 aliphatic carbocycles. The van der Waals surface area contributed by atoms with Crippen LogP contribution in [-0.2, 0) is 27.4 Å². The zero-order chi connectivity index (χ0) is 27.1. The van der Waals surface area contributed by atoms with Gasteiger partial charge in [0.1, 0.15) is 0 Å². The molecule has 38 heavy (non-hydrogen) atoms. The highest BCUT2D eigenvalue weighted by atomic mass is 16.7. The van der Waals surface area contributed by atoms with E-state index in [0.717, 1.165) is 46.5 Å². The minimum Gasteiger partial charge on any atom is -0.392 e. The van der Waals surface area contributed by atoms with Crippen LogP contribution in [0.3, 0.4) is 0 Å². The van der Waals surface area contributed by atoms with Crippen molar-refractivity contribution in [2.75, 3.05) is 20.1 Å². The highest BCUT2D eigenvalue weighted by molar-refractivity contribution is 5.73. The SMILES string of the molecule is C=CCN(C)C[C@@H]1O[C@H](c2ccc(-c3cccc(CNC(C)=O)c3)cc2)O[C@H](c2ccc(CO)cc2)[C@@H]1C. The summed E-state index contributed by atoms with van der Waals surface area (Å²) in [7, 11) is 2.07. The maximum atomic E-state index is 11.3. The van der Waals surface area contributed by atoms with E-state index in [4.69, 9.17) is 9.47 Å². The number of carbonyl (C=O) groups is 1. The standard InChI is InChI=1S/C32H38N2O4/c1-5-17-34(4)20-30-22(2)31(27-11-9-24(21-35)10-12-27)38-32(37-30)28-15-13-26(14-16-28)29-8-6-7-25(18-29)19-33-23(3)36/h5-16,18,22,30-32,35H,1,17,19-21H2,2-4H3,(H,33,36)/t22-,30+,31+,32+/m1/s1. The van der Waals surface area contributed by atoms with E-state index in [1.54, 1.807) is 0 Å². The minimum atomic E-state index is -0.504. The molecule has 4 rings (SSSR count). The molecule has 6 heteroatoms. The largest absolute Gasteiger partial charge is 0.392 e. The van der Waals surface area contributed by atoms with Crippen LogP contribution in [0, 0.1) is 5.92 Å². The summed E-state index contributed by atoms with van der Waals surface area (Å²) in [6.07, 6.45) is 1.22. The van der Waals surface area contributed by atoms with Crippen LogP contribution in [-0.4, -0.2) is 42.2 Å². The molecule has 0 radical (unpaired) electrons. The zero-order valence-electron chi connectivity index (χ0n) is 22.5. The molecule has 1 fully saturated rings. The average molecular weight is 515 g/mol. The monoisotopic (exact) mass is 514 g/mol. The number of aliphatic hydroxyl groups excluding tert-OH is 1. The van der Waals surface area contributed by atoms with E-state index in [0.29, 0.717) is 6.54 Å². The molecule has 0 unspecified atom stereocenters. The normalized spacial score (nSPS) is 21.3. The molecule has 4 atom stereocenters. The highest BCUT2D eigenvalue weighted by Crippen LogP contribution is 2.42. The number of nitrogens with zero attached hydrogens (tertiary/aromatic N) is 1. The van der Waals surface area contributed by atoms with Crippen LogP contribution in [0.15, 0.2) is 85.5 Å². The lowest BCUT2D eigenvalue weighted by Crippen LogP contribution is -2.43. The first-order valence-corrected chi connectivity index (χ1v) is 13.1. The summed E-state index contributed by atoms with van der Waals surface area (Å²) in [6.45, 7) is 9.63. The van der Waals surface area contributed by atoms with Gasteiger partial charge in [-0.25, -0.2) is 0 Å². The van der Waals surface area contributed by atoms with Gasteiger partial charge in [0.15, 0.2) is 6.29 Å². The first-order valence-electron chi connectivity index (χ1n) is 13.1. The Labute approximate surface area is 225 Å². The van der Waals surface area contributed by atoms with Crippen molar-refractivity contribution in [1.29, 1.82) is 0 Å². The van der Waals surface area contributed by atoms with Gasteiger partial charge >= 0.3 is 0 Å². The second-order valence-corrected chi connectivity index (χ2v) is 10.1. The van der Waals surface area contributed by atoms with Crippen molar-refractivity contribution in [2.24, 2.45) is 5.92 Å². The Kier molecular flexibility index (Phi) is 9.48. The Morgan fingerprint density at radius 2 is 1.71 bits per heavy atom. The number of benzene rings is 3. The van der Waals surface area contributed by atoms with Gasteiger partial charge in [-0.2, -0.15) is 0 Å². The fraction of sp³-hybridized carbons (Fsp3) is 0.344. The Balaban J connectivity index is 1.56. The molecule has 0 spiro atoms. The predicted molar refractivity (Wildman–Crippen MR) is 150 cm³/mol. The maximum Gasteiger partial charge on any atom is 0.217 e. The van der Waals surface area contributed by atoms with Gasteiger partial charge in [0.2, 0.25) is 5.91 Å². The number of amides is 1. The third kappa shape index (κ3) is 6.97. The number of ether oxygens (including phenoxy) is 2. The van der Waals surface area contributed by atoms with E-state index < -0.39 is 6.29 Å². The lowest BCUT2D eigenvalue weighted by atomic mass is 9.90. The molecule has 0 aromatic heterocycles. The van der Waals surface area contributed by atoms with E-state index in [1.807, 2.05) is 42.5 Å². The fourth-order valence-corrected chi connectivity index (χ4v) is 4.85. The number of hydrogen-bond acceptors (Lipinski definition) is 5. The Morgan fingerprint density at radius 1 is 1.00 bits per heavy atom. The molecule has 1 aliphatic rings. The number of nitrogens with one attached hydrogen (secondary N) is 1. The van der Waals surface area contributed by atoms with Gasteiger partial charge in [0.25, 0.3) is 0 Å². The van der Waals surface area contributed by atoms with Gasteiger partial charge in [0, 0.05) is 38.0 Å². The second-order valence-electron chi connectivity index (χ2n) is 10.1. The molecule has 3 aromatic rings. The quantitative estimate of drug-likeness (QED) is 0.355. The van der Waals surface area contributed by atoms with Crippen LogP contribution >= 0.6 is 0 Å².